The number of aliphatic hydroxyl groups excluding tert-OH is 1. The Morgan fingerprint density at radius 2 is 2.25 bits per heavy atom. The standard InChI is InChI=1S/C18H16N2O3S/c21-15-7-11-3-1-2-4-14(11)17(15)20-16(22)8-13-10-24-18(19-13)12-5-6-23-9-12/h1-6,9-10,15,17,21H,7-8H2,(H,20,22)/t15-,17+/m0/s1. The van der Waals surface area contributed by atoms with Crippen molar-refractivity contribution in [3.8, 4) is 10.6 Å². The second kappa shape index (κ2) is 6.22. The maximum absolute atomic E-state index is 12.3. The number of hydrogen-bond acceptors (Lipinski definition) is 5. The largest absolute Gasteiger partial charge is 0.472 e. The number of benzene rings is 1. The Balaban J connectivity index is 1.44. The lowest BCUT2D eigenvalue weighted by atomic mass is 10.1. The van der Waals surface area contributed by atoms with Crippen molar-refractivity contribution in [2.24, 2.45) is 0 Å². The van der Waals surface area contributed by atoms with Crippen LogP contribution in [0.4, 0.5) is 0 Å². The molecular formula is C18H16N2O3S. The number of carbonyl (C=O) groups excluding carboxylic acids is 1. The van der Waals surface area contributed by atoms with E-state index in [1.807, 2.05) is 35.7 Å². The van der Waals surface area contributed by atoms with E-state index in [1.165, 1.54) is 11.3 Å². The van der Waals surface area contributed by atoms with Crippen LogP contribution in [0.15, 0.2) is 52.7 Å². The van der Waals surface area contributed by atoms with Crippen molar-refractivity contribution < 1.29 is 14.3 Å². The summed E-state index contributed by atoms with van der Waals surface area (Å²) in [5, 5.41) is 15.9. The molecule has 0 unspecified atom stereocenters. The molecule has 5 nitrogen and oxygen atoms in total. The van der Waals surface area contributed by atoms with Crippen LogP contribution in [0.2, 0.25) is 0 Å². The maximum atomic E-state index is 12.3. The molecule has 2 aromatic heterocycles. The van der Waals surface area contributed by atoms with Crippen LogP contribution in [0.3, 0.4) is 0 Å². The highest BCUT2D eigenvalue weighted by Gasteiger charge is 2.31. The maximum Gasteiger partial charge on any atom is 0.226 e. The summed E-state index contributed by atoms with van der Waals surface area (Å²) in [4.78, 5) is 16.8. The van der Waals surface area contributed by atoms with Crippen molar-refractivity contribution in [2.75, 3.05) is 0 Å². The molecule has 4 rings (SSSR count). The van der Waals surface area contributed by atoms with Crippen LogP contribution in [0.5, 0.6) is 0 Å². The van der Waals surface area contributed by atoms with E-state index in [4.69, 9.17) is 4.42 Å². The fourth-order valence-corrected chi connectivity index (χ4v) is 3.85. The highest BCUT2D eigenvalue weighted by molar-refractivity contribution is 7.13. The molecule has 122 valence electrons. The number of nitrogens with zero attached hydrogens (tertiary/aromatic N) is 1. The summed E-state index contributed by atoms with van der Waals surface area (Å²) in [6.07, 6.45) is 3.42. The predicted molar refractivity (Wildman–Crippen MR) is 90.6 cm³/mol. The quantitative estimate of drug-likeness (QED) is 0.766. The Morgan fingerprint density at radius 3 is 3.08 bits per heavy atom. The summed E-state index contributed by atoms with van der Waals surface area (Å²) in [6.45, 7) is 0. The first kappa shape index (κ1) is 15.1. The smallest absolute Gasteiger partial charge is 0.226 e. The Kier molecular flexibility index (Phi) is 3.92. The van der Waals surface area contributed by atoms with Gasteiger partial charge in [0, 0.05) is 17.4 Å². The Hall–Kier alpha value is -2.44. The predicted octanol–water partition coefficient (Wildman–Crippen LogP) is 2.72. The lowest BCUT2D eigenvalue weighted by Gasteiger charge is -2.17. The van der Waals surface area contributed by atoms with Gasteiger partial charge in [0.1, 0.15) is 11.3 Å². The monoisotopic (exact) mass is 340 g/mol. The third-order valence-corrected chi connectivity index (χ3v) is 5.12. The van der Waals surface area contributed by atoms with Crippen molar-refractivity contribution in [1.29, 1.82) is 0 Å². The molecule has 3 aromatic rings. The molecule has 1 aliphatic rings. The number of thiazole rings is 1. The summed E-state index contributed by atoms with van der Waals surface area (Å²) in [5.41, 5.74) is 3.71. The molecule has 1 aromatic carbocycles. The number of aromatic nitrogens is 1. The van der Waals surface area contributed by atoms with Gasteiger partial charge >= 0.3 is 0 Å². The molecule has 0 saturated carbocycles. The number of nitrogens with one attached hydrogen (secondary N) is 1. The van der Waals surface area contributed by atoms with Gasteiger partial charge in [-0.2, -0.15) is 0 Å². The minimum Gasteiger partial charge on any atom is -0.472 e. The summed E-state index contributed by atoms with van der Waals surface area (Å²) in [7, 11) is 0. The number of amides is 1. The van der Waals surface area contributed by atoms with Crippen molar-refractivity contribution in [1.82, 2.24) is 10.3 Å². The van der Waals surface area contributed by atoms with Crippen LogP contribution in [0.1, 0.15) is 22.9 Å². The number of fused-ring (bicyclic) bond motifs is 1. The average molecular weight is 340 g/mol. The number of aliphatic hydroxyl groups is 1. The van der Waals surface area contributed by atoms with E-state index in [2.05, 4.69) is 10.3 Å². The van der Waals surface area contributed by atoms with Crippen LogP contribution < -0.4 is 5.32 Å². The number of carbonyl (C=O) groups is 1. The summed E-state index contributed by atoms with van der Waals surface area (Å²) >= 11 is 1.48. The fourth-order valence-electron chi connectivity index (χ4n) is 3.04. The molecule has 0 aliphatic heterocycles. The van der Waals surface area contributed by atoms with Crippen molar-refractivity contribution in [3.05, 3.63) is 65.1 Å². The zero-order valence-electron chi connectivity index (χ0n) is 12.8. The molecular weight excluding hydrogens is 324 g/mol. The summed E-state index contributed by atoms with van der Waals surface area (Å²) in [5.74, 6) is -0.139. The summed E-state index contributed by atoms with van der Waals surface area (Å²) < 4.78 is 5.05. The van der Waals surface area contributed by atoms with E-state index in [9.17, 15) is 9.90 Å². The van der Waals surface area contributed by atoms with E-state index < -0.39 is 6.10 Å². The van der Waals surface area contributed by atoms with Crippen LogP contribution >= 0.6 is 11.3 Å². The van der Waals surface area contributed by atoms with Gasteiger partial charge < -0.3 is 14.8 Å². The van der Waals surface area contributed by atoms with E-state index in [0.717, 1.165) is 27.4 Å². The SMILES string of the molecule is O=C(Cc1csc(-c2ccoc2)n1)N[C@@H]1c2ccccc2C[C@@H]1O. The van der Waals surface area contributed by atoms with Gasteiger partial charge in [-0.15, -0.1) is 11.3 Å². The topological polar surface area (TPSA) is 75.4 Å². The molecule has 1 amide bonds. The lowest BCUT2D eigenvalue weighted by Crippen LogP contribution is -2.34. The molecule has 0 radical (unpaired) electrons. The molecule has 2 atom stereocenters. The molecule has 2 heterocycles. The number of hydrogen-bond donors (Lipinski definition) is 2. The van der Waals surface area contributed by atoms with Gasteiger partial charge in [0.25, 0.3) is 0 Å². The number of furan rings is 1. The number of rotatable bonds is 4. The Morgan fingerprint density at radius 1 is 1.38 bits per heavy atom. The molecule has 0 bridgehead atoms. The lowest BCUT2D eigenvalue weighted by molar-refractivity contribution is -0.122. The average Bonchev–Trinajstić information content (AvgIpc) is 3.28. The second-order valence-corrected chi connectivity index (χ2v) is 6.71. The summed E-state index contributed by atoms with van der Waals surface area (Å²) in [6, 6.07) is 9.31. The molecule has 0 spiro atoms. The van der Waals surface area contributed by atoms with Gasteiger partial charge in [0.2, 0.25) is 5.91 Å². The van der Waals surface area contributed by atoms with Crippen molar-refractivity contribution in [2.45, 2.75) is 25.0 Å². The van der Waals surface area contributed by atoms with E-state index in [1.54, 1.807) is 12.5 Å². The van der Waals surface area contributed by atoms with Gasteiger partial charge in [0.05, 0.1) is 30.5 Å². The molecule has 0 saturated heterocycles. The van der Waals surface area contributed by atoms with Gasteiger partial charge in [0.15, 0.2) is 0 Å². The van der Waals surface area contributed by atoms with Crippen LogP contribution in [0.25, 0.3) is 10.6 Å². The molecule has 24 heavy (non-hydrogen) atoms. The Bertz CT molecular complexity index is 857. The van der Waals surface area contributed by atoms with E-state index in [-0.39, 0.29) is 18.4 Å². The van der Waals surface area contributed by atoms with E-state index >= 15 is 0 Å². The van der Waals surface area contributed by atoms with Gasteiger partial charge in [-0.1, -0.05) is 24.3 Å². The molecule has 0 fully saturated rings. The van der Waals surface area contributed by atoms with Gasteiger partial charge in [-0.05, 0) is 17.2 Å². The highest BCUT2D eigenvalue weighted by Crippen LogP contribution is 2.31. The Labute approximate surface area is 143 Å². The van der Waals surface area contributed by atoms with Crippen LogP contribution in [-0.4, -0.2) is 22.1 Å². The van der Waals surface area contributed by atoms with Crippen LogP contribution in [0, 0.1) is 0 Å². The minimum absolute atomic E-state index is 0.139. The third kappa shape index (κ3) is 2.86. The van der Waals surface area contributed by atoms with E-state index in [0.29, 0.717) is 6.42 Å². The van der Waals surface area contributed by atoms with Gasteiger partial charge in [-0.3, -0.25) is 4.79 Å². The first-order chi connectivity index (χ1) is 11.7. The zero-order chi connectivity index (χ0) is 16.5. The van der Waals surface area contributed by atoms with Crippen molar-refractivity contribution >= 4 is 17.2 Å². The highest BCUT2D eigenvalue weighted by atomic mass is 32.1. The first-order valence-electron chi connectivity index (χ1n) is 7.73. The van der Waals surface area contributed by atoms with Crippen molar-refractivity contribution in [3.63, 3.8) is 0 Å². The second-order valence-electron chi connectivity index (χ2n) is 5.85. The molecule has 1 aliphatic carbocycles. The third-order valence-electron chi connectivity index (χ3n) is 4.18. The van der Waals surface area contributed by atoms with Crippen LogP contribution in [-0.2, 0) is 17.6 Å². The van der Waals surface area contributed by atoms with Gasteiger partial charge in [-0.25, -0.2) is 4.98 Å². The first-order valence-corrected chi connectivity index (χ1v) is 8.61. The normalized spacial score (nSPS) is 19.2. The molecule has 2 N–H and O–H groups in total. The zero-order valence-corrected chi connectivity index (χ0v) is 13.6. The molecule has 6 heteroatoms. The minimum atomic E-state index is -0.580. The fraction of sp³-hybridized carbons (Fsp3) is 0.222.